The summed E-state index contributed by atoms with van der Waals surface area (Å²) >= 11 is 2.08. The van der Waals surface area contributed by atoms with Crippen LogP contribution in [0, 0.1) is 3.57 Å². The van der Waals surface area contributed by atoms with Crippen molar-refractivity contribution < 1.29 is 13.0 Å². The molecule has 0 radical (unpaired) electrons. The fourth-order valence-electron chi connectivity index (χ4n) is 0.837. The van der Waals surface area contributed by atoms with Gasteiger partial charge >= 0.3 is 29.6 Å². The van der Waals surface area contributed by atoms with E-state index in [2.05, 4.69) is 22.6 Å². The van der Waals surface area contributed by atoms with Crippen LogP contribution in [-0.2, 0) is 15.9 Å². The van der Waals surface area contributed by atoms with E-state index in [0.29, 0.717) is 5.56 Å². The van der Waals surface area contributed by atoms with E-state index in [1.54, 1.807) is 18.2 Å². The van der Waals surface area contributed by atoms with E-state index < -0.39 is 10.1 Å². The first-order chi connectivity index (χ1) is 5.47. The van der Waals surface area contributed by atoms with Crippen LogP contribution in [0.15, 0.2) is 24.3 Å². The SMILES string of the molecule is O=S(=O)(O)Cc1cccc(I)c1.[NaH]. The molecule has 0 aliphatic heterocycles. The summed E-state index contributed by atoms with van der Waals surface area (Å²) in [7, 11) is -3.90. The number of rotatable bonds is 2. The van der Waals surface area contributed by atoms with Crippen LogP contribution in [0.4, 0.5) is 0 Å². The van der Waals surface area contributed by atoms with Crippen molar-refractivity contribution in [2.75, 3.05) is 0 Å². The standard InChI is InChI=1S/C7H7IO3S.Na.H/c8-7-3-1-2-6(4-7)5-12(9,10)11;;/h1-4H,5H2,(H,9,10,11);;. The molecule has 0 amide bonds. The Morgan fingerprint density at radius 1 is 1.38 bits per heavy atom. The van der Waals surface area contributed by atoms with Crippen molar-refractivity contribution in [3.8, 4) is 0 Å². The van der Waals surface area contributed by atoms with Gasteiger partial charge in [0.25, 0.3) is 10.1 Å². The van der Waals surface area contributed by atoms with Gasteiger partial charge in [-0.25, -0.2) is 0 Å². The zero-order valence-corrected chi connectivity index (χ0v) is 9.04. The second-order valence-electron chi connectivity index (χ2n) is 2.36. The minimum atomic E-state index is -3.90. The van der Waals surface area contributed by atoms with Crippen molar-refractivity contribution in [2.45, 2.75) is 5.75 Å². The van der Waals surface area contributed by atoms with Crippen LogP contribution in [0.1, 0.15) is 5.56 Å². The summed E-state index contributed by atoms with van der Waals surface area (Å²) in [6, 6.07) is 6.99. The second-order valence-corrected chi connectivity index (χ2v) is 5.05. The molecule has 68 valence electrons. The molecule has 13 heavy (non-hydrogen) atoms. The van der Waals surface area contributed by atoms with Crippen LogP contribution in [0.25, 0.3) is 0 Å². The summed E-state index contributed by atoms with van der Waals surface area (Å²) in [6.07, 6.45) is 0. The summed E-state index contributed by atoms with van der Waals surface area (Å²) in [4.78, 5) is 0. The predicted octanol–water partition coefficient (Wildman–Crippen LogP) is 1.03. The Balaban J connectivity index is 0.00000144. The summed E-state index contributed by atoms with van der Waals surface area (Å²) in [5, 5.41) is 0. The number of benzene rings is 1. The van der Waals surface area contributed by atoms with Gasteiger partial charge in [-0.2, -0.15) is 8.42 Å². The van der Waals surface area contributed by atoms with Crippen LogP contribution in [0.2, 0.25) is 0 Å². The van der Waals surface area contributed by atoms with Gasteiger partial charge in [-0.3, -0.25) is 4.55 Å². The Morgan fingerprint density at radius 3 is 2.46 bits per heavy atom. The van der Waals surface area contributed by atoms with Gasteiger partial charge in [0.2, 0.25) is 0 Å². The molecule has 1 N–H and O–H groups in total. The fraction of sp³-hybridized carbons (Fsp3) is 0.143. The van der Waals surface area contributed by atoms with Gasteiger partial charge < -0.3 is 0 Å². The Labute approximate surface area is 113 Å². The molecular weight excluding hydrogens is 314 g/mol. The Morgan fingerprint density at radius 2 is 2.00 bits per heavy atom. The zero-order chi connectivity index (χ0) is 9.19. The predicted molar refractivity (Wildman–Crippen MR) is 61.6 cm³/mol. The molecule has 0 bridgehead atoms. The van der Waals surface area contributed by atoms with Crippen molar-refractivity contribution in [3.63, 3.8) is 0 Å². The van der Waals surface area contributed by atoms with E-state index in [-0.39, 0.29) is 35.3 Å². The van der Waals surface area contributed by atoms with Gasteiger partial charge in [0.05, 0.1) is 0 Å². The molecule has 0 heterocycles. The fourth-order valence-corrected chi connectivity index (χ4v) is 2.05. The summed E-state index contributed by atoms with van der Waals surface area (Å²) in [5.41, 5.74) is 0.601. The molecule has 0 atom stereocenters. The molecule has 0 aliphatic rings. The molecule has 0 saturated heterocycles. The van der Waals surface area contributed by atoms with E-state index in [4.69, 9.17) is 4.55 Å². The van der Waals surface area contributed by atoms with Gasteiger partial charge in [0, 0.05) is 3.57 Å². The third kappa shape index (κ3) is 6.03. The van der Waals surface area contributed by atoms with E-state index >= 15 is 0 Å². The molecule has 0 aromatic heterocycles. The van der Waals surface area contributed by atoms with Crippen LogP contribution in [-0.4, -0.2) is 42.5 Å². The topological polar surface area (TPSA) is 54.4 Å². The second kappa shape index (κ2) is 5.67. The molecule has 0 aliphatic carbocycles. The maximum absolute atomic E-state index is 10.5. The van der Waals surface area contributed by atoms with Gasteiger partial charge in [-0.1, -0.05) is 12.1 Å². The Bertz CT molecular complexity index is 377. The third-order valence-electron chi connectivity index (χ3n) is 1.24. The Hall–Kier alpha value is 0.860. The molecule has 1 aromatic carbocycles. The van der Waals surface area contributed by atoms with Crippen molar-refractivity contribution in [2.24, 2.45) is 0 Å². The molecule has 3 nitrogen and oxygen atoms in total. The quantitative estimate of drug-likeness (QED) is 0.503. The number of halogens is 1. The monoisotopic (exact) mass is 322 g/mol. The summed E-state index contributed by atoms with van der Waals surface area (Å²) < 4.78 is 30.4. The van der Waals surface area contributed by atoms with Crippen molar-refractivity contribution in [1.29, 1.82) is 0 Å². The van der Waals surface area contributed by atoms with E-state index in [1.165, 1.54) is 0 Å². The number of hydrogen-bond donors (Lipinski definition) is 1. The van der Waals surface area contributed by atoms with Crippen molar-refractivity contribution >= 4 is 62.3 Å². The van der Waals surface area contributed by atoms with Crippen LogP contribution in [0.3, 0.4) is 0 Å². The van der Waals surface area contributed by atoms with Gasteiger partial charge in [-0.15, -0.1) is 0 Å². The molecular formula is C7H8INaO3S. The number of hydrogen-bond acceptors (Lipinski definition) is 2. The molecule has 1 aromatic rings. The van der Waals surface area contributed by atoms with Gasteiger partial charge in [0.15, 0.2) is 0 Å². The molecule has 1 rings (SSSR count). The van der Waals surface area contributed by atoms with E-state index in [0.717, 1.165) is 3.57 Å². The first-order valence-electron chi connectivity index (χ1n) is 3.17. The molecule has 0 saturated carbocycles. The van der Waals surface area contributed by atoms with E-state index in [9.17, 15) is 8.42 Å². The third-order valence-corrected chi connectivity index (χ3v) is 2.61. The average Bonchev–Trinajstić information content (AvgIpc) is 1.82. The molecule has 0 fully saturated rings. The van der Waals surface area contributed by atoms with Gasteiger partial charge in [0.1, 0.15) is 5.75 Å². The Kier molecular flexibility index (Phi) is 6.05. The van der Waals surface area contributed by atoms with Crippen molar-refractivity contribution in [3.05, 3.63) is 33.4 Å². The first kappa shape index (κ1) is 13.9. The average molecular weight is 322 g/mol. The first-order valence-corrected chi connectivity index (χ1v) is 5.86. The van der Waals surface area contributed by atoms with Crippen molar-refractivity contribution in [1.82, 2.24) is 0 Å². The normalized spacial score (nSPS) is 10.6. The minimum absolute atomic E-state index is 0. The zero-order valence-electron chi connectivity index (χ0n) is 6.07. The van der Waals surface area contributed by atoms with Crippen LogP contribution < -0.4 is 0 Å². The summed E-state index contributed by atoms with van der Waals surface area (Å²) in [5.74, 6) is -0.316. The molecule has 0 unspecified atom stereocenters. The van der Waals surface area contributed by atoms with E-state index in [1.807, 2.05) is 6.07 Å². The van der Waals surface area contributed by atoms with Crippen LogP contribution in [0.5, 0.6) is 0 Å². The van der Waals surface area contributed by atoms with Crippen LogP contribution >= 0.6 is 22.6 Å². The molecule has 6 heteroatoms. The molecule has 0 spiro atoms. The summed E-state index contributed by atoms with van der Waals surface area (Å²) in [6.45, 7) is 0. The van der Waals surface area contributed by atoms with Gasteiger partial charge in [-0.05, 0) is 40.3 Å². The maximum atomic E-state index is 10.5.